The Labute approximate surface area is 150 Å². The van der Waals surface area contributed by atoms with Crippen molar-refractivity contribution < 1.29 is 9.18 Å². The van der Waals surface area contributed by atoms with Gasteiger partial charge in [-0.2, -0.15) is 0 Å². The smallest absolute Gasteiger partial charge is 0.226 e. The molecule has 1 amide bonds. The zero-order valence-corrected chi connectivity index (χ0v) is 15.1. The summed E-state index contributed by atoms with van der Waals surface area (Å²) in [5, 5.41) is 3.41. The molecule has 0 atom stereocenters. The van der Waals surface area contributed by atoms with Crippen LogP contribution in [-0.2, 0) is 4.79 Å². The fourth-order valence-electron chi connectivity index (χ4n) is 2.68. The van der Waals surface area contributed by atoms with E-state index in [0.29, 0.717) is 28.6 Å². The number of carbonyl (C=O) groups is 1. The highest BCUT2D eigenvalue weighted by Gasteiger charge is 2.20. The molecule has 2 aromatic heterocycles. The van der Waals surface area contributed by atoms with Gasteiger partial charge in [-0.05, 0) is 29.7 Å². The molecular formula is C19H19ClFN3O. The summed E-state index contributed by atoms with van der Waals surface area (Å²) < 4.78 is 15.4. The minimum atomic E-state index is -0.388. The molecule has 0 bridgehead atoms. The highest BCUT2D eigenvalue weighted by atomic mass is 35.5. The van der Waals surface area contributed by atoms with Gasteiger partial charge in [-0.1, -0.05) is 44.5 Å². The van der Waals surface area contributed by atoms with Crippen LogP contribution in [-0.4, -0.2) is 15.3 Å². The van der Waals surface area contributed by atoms with E-state index in [1.807, 2.05) is 26.8 Å². The number of amides is 1. The Morgan fingerprint density at radius 2 is 2.04 bits per heavy atom. The monoisotopic (exact) mass is 359 g/mol. The Kier molecular flexibility index (Phi) is 4.52. The van der Waals surface area contributed by atoms with Gasteiger partial charge < -0.3 is 5.32 Å². The normalized spacial score (nSPS) is 11.7. The lowest BCUT2D eigenvalue weighted by atomic mass is 9.92. The number of pyridine rings is 1. The largest absolute Gasteiger partial charge is 0.309 e. The van der Waals surface area contributed by atoms with Crippen molar-refractivity contribution >= 4 is 29.0 Å². The van der Waals surface area contributed by atoms with Crippen LogP contribution in [0, 0.1) is 11.2 Å². The van der Waals surface area contributed by atoms with Crippen molar-refractivity contribution in [3.8, 4) is 11.3 Å². The van der Waals surface area contributed by atoms with E-state index >= 15 is 0 Å². The number of fused-ring (bicyclic) bond motifs is 1. The average molecular weight is 360 g/mol. The fourth-order valence-corrected chi connectivity index (χ4v) is 2.87. The number of rotatable bonds is 3. The highest BCUT2D eigenvalue weighted by molar-refractivity contribution is 6.30. The molecule has 0 aliphatic carbocycles. The Hall–Kier alpha value is -2.40. The molecule has 3 aromatic rings. The van der Waals surface area contributed by atoms with Gasteiger partial charge in [-0.3, -0.25) is 9.20 Å². The first-order chi connectivity index (χ1) is 11.7. The molecule has 6 heteroatoms. The molecule has 2 heterocycles. The average Bonchev–Trinajstić information content (AvgIpc) is 2.82. The topological polar surface area (TPSA) is 46.4 Å². The number of hydrogen-bond donors (Lipinski definition) is 1. The zero-order valence-electron chi connectivity index (χ0n) is 14.3. The minimum Gasteiger partial charge on any atom is -0.309 e. The van der Waals surface area contributed by atoms with Crippen LogP contribution in [0.5, 0.6) is 0 Å². The summed E-state index contributed by atoms with van der Waals surface area (Å²) in [4.78, 5) is 16.8. The van der Waals surface area contributed by atoms with Crippen molar-refractivity contribution in [3.63, 3.8) is 0 Å². The molecule has 0 aliphatic heterocycles. The number of hydrogen-bond acceptors (Lipinski definition) is 2. The van der Waals surface area contributed by atoms with E-state index < -0.39 is 0 Å². The third-order valence-electron chi connectivity index (χ3n) is 3.63. The lowest BCUT2D eigenvalue weighted by molar-refractivity contribution is -0.117. The Morgan fingerprint density at radius 1 is 1.28 bits per heavy atom. The van der Waals surface area contributed by atoms with Crippen LogP contribution in [0.4, 0.5) is 10.2 Å². The van der Waals surface area contributed by atoms with Crippen LogP contribution < -0.4 is 5.32 Å². The van der Waals surface area contributed by atoms with Crippen LogP contribution in [0.3, 0.4) is 0 Å². The number of imidazole rings is 1. The fraction of sp³-hybridized carbons (Fsp3) is 0.263. The summed E-state index contributed by atoms with van der Waals surface area (Å²) in [6.07, 6.45) is 1.70. The molecule has 0 radical (unpaired) electrons. The van der Waals surface area contributed by atoms with Crippen LogP contribution >= 0.6 is 11.6 Å². The van der Waals surface area contributed by atoms with Crippen LogP contribution in [0.15, 0.2) is 42.6 Å². The molecule has 0 saturated heterocycles. The van der Waals surface area contributed by atoms with Crippen LogP contribution in [0.25, 0.3) is 16.9 Å². The molecule has 1 N–H and O–H groups in total. The predicted octanol–water partition coefficient (Wildman–Crippen LogP) is 5.17. The summed E-state index contributed by atoms with van der Waals surface area (Å²) in [5.41, 5.74) is 1.74. The van der Waals surface area contributed by atoms with Gasteiger partial charge in [0.25, 0.3) is 0 Å². The van der Waals surface area contributed by atoms with Gasteiger partial charge in [0.1, 0.15) is 11.5 Å². The quantitative estimate of drug-likeness (QED) is 0.701. The number of anilines is 1. The lowest BCUT2D eigenvalue weighted by Crippen LogP contribution is -2.20. The molecule has 0 spiro atoms. The number of nitrogens with zero attached hydrogens (tertiary/aromatic N) is 2. The van der Waals surface area contributed by atoms with E-state index in [1.54, 1.807) is 28.7 Å². The predicted molar refractivity (Wildman–Crippen MR) is 98.3 cm³/mol. The van der Waals surface area contributed by atoms with Gasteiger partial charge in [-0.15, -0.1) is 0 Å². The van der Waals surface area contributed by atoms with Crippen molar-refractivity contribution in [2.75, 3.05) is 5.32 Å². The van der Waals surface area contributed by atoms with E-state index in [2.05, 4.69) is 10.3 Å². The molecule has 1 aromatic carbocycles. The van der Waals surface area contributed by atoms with E-state index in [0.717, 1.165) is 5.56 Å². The molecule has 0 fully saturated rings. The van der Waals surface area contributed by atoms with Crippen LogP contribution in [0.2, 0.25) is 5.02 Å². The van der Waals surface area contributed by atoms with Crippen molar-refractivity contribution in [1.29, 1.82) is 0 Å². The number of benzene rings is 1. The maximum Gasteiger partial charge on any atom is 0.226 e. The first kappa shape index (κ1) is 17.4. The molecular weight excluding hydrogens is 341 g/mol. The van der Waals surface area contributed by atoms with E-state index in [-0.39, 0.29) is 17.1 Å². The molecule has 130 valence electrons. The summed E-state index contributed by atoms with van der Waals surface area (Å²) >= 11 is 6.10. The lowest BCUT2D eigenvalue weighted by Gasteiger charge is -2.17. The third kappa shape index (κ3) is 3.99. The number of carbonyl (C=O) groups excluding carboxylic acids is 1. The summed E-state index contributed by atoms with van der Waals surface area (Å²) in [6, 6.07) is 10.1. The second-order valence-electron chi connectivity index (χ2n) is 7.18. The molecule has 0 aliphatic rings. The molecule has 25 heavy (non-hydrogen) atoms. The van der Waals surface area contributed by atoms with E-state index in [1.165, 1.54) is 12.3 Å². The second-order valence-corrected chi connectivity index (χ2v) is 7.62. The molecule has 3 rings (SSSR count). The Bertz CT molecular complexity index is 943. The van der Waals surface area contributed by atoms with Crippen molar-refractivity contribution in [3.05, 3.63) is 53.4 Å². The highest BCUT2D eigenvalue weighted by Crippen LogP contribution is 2.31. The van der Waals surface area contributed by atoms with Gasteiger partial charge in [0.15, 0.2) is 5.82 Å². The molecule has 4 nitrogen and oxygen atoms in total. The van der Waals surface area contributed by atoms with Gasteiger partial charge >= 0.3 is 0 Å². The maximum absolute atomic E-state index is 13.7. The zero-order chi connectivity index (χ0) is 18.2. The van der Waals surface area contributed by atoms with Crippen molar-refractivity contribution in [2.45, 2.75) is 27.2 Å². The maximum atomic E-state index is 13.7. The number of halogens is 2. The molecule has 0 saturated carbocycles. The Morgan fingerprint density at radius 3 is 2.72 bits per heavy atom. The first-order valence-corrected chi connectivity index (χ1v) is 8.34. The first-order valence-electron chi connectivity index (χ1n) is 7.96. The molecule has 0 unspecified atom stereocenters. The van der Waals surface area contributed by atoms with Crippen molar-refractivity contribution in [2.24, 2.45) is 5.41 Å². The van der Waals surface area contributed by atoms with E-state index in [9.17, 15) is 9.18 Å². The number of aromatic nitrogens is 2. The second kappa shape index (κ2) is 6.48. The number of nitrogens with one attached hydrogen (secondary N) is 1. The van der Waals surface area contributed by atoms with E-state index in [4.69, 9.17) is 11.6 Å². The summed E-state index contributed by atoms with van der Waals surface area (Å²) in [7, 11) is 0. The van der Waals surface area contributed by atoms with Gasteiger partial charge in [-0.25, -0.2) is 9.37 Å². The minimum absolute atomic E-state index is 0.139. The van der Waals surface area contributed by atoms with Crippen LogP contribution in [0.1, 0.15) is 27.2 Å². The van der Waals surface area contributed by atoms with Gasteiger partial charge in [0.2, 0.25) is 5.91 Å². The van der Waals surface area contributed by atoms with Crippen molar-refractivity contribution in [1.82, 2.24) is 9.38 Å². The SMILES string of the molecule is CC(C)(C)CC(=O)Nc1nc2ccc(F)cn2c1-c1cccc(Cl)c1. The Balaban J connectivity index is 2.11. The summed E-state index contributed by atoms with van der Waals surface area (Å²) in [6.45, 7) is 5.97. The van der Waals surface area contributed by atoms with Gasteiger partial charge in [0.05, 0.1) is 5.69 Å². The summed E-state index contributed by atoms with van der Waals surface area (Å²) in [5.74, 6) is -0.137. The third-order valence-corrected chi connectivity index (χ3v) is 3.86. The van der Waals surface area contributed by atoms with Gasteiger partial charge in [0, 0.05) is 23.2 Å². The standard InChI is InChI=1S/C19H19ClFN3O/c1-19(2,3)10-16(25)23-18-17(12-5-4-6-13(20)9-12)24-11-14(21)7-8-15(24)22-18/h4-9,11H,10H2,1-3H3,(H,23,25).